The number of benzene rings is 2. The van der Waals surface area contributed by atoms with Crippen molar-refractivity contribution in [3.8, 4) is 11.5 Å². The maximum atomic E-state index is 13.1. The van der Waals surface area contributed by atoms with Crippen molar-refractivity contribution in [2.45, 2.75) is 31.3 Å². The van der Waals surface area contributed by atoms with Crippen molar-refractivity contribution in [2.75, 3.05) is 25.7 Å². The molecule has 1 unspecified atom stereocenters. The van der Waals surface area contributed by atoms with Crippen molar-refractivity contribution in [3.05, 3.63) is 54.1 Å². The van der Waals surface area contributed by atoms with Gasteiger partial charge in [0.25, 0.3) is 5.91 Å². The van der Waals surface area contributed by atoms with Crippen LogP contribution in [0.15, 0.2) is 48.5 Å². The molecule has 0 bridgehead atoms. The molecule has 0 radical (unpaired) electrons. The molecule has 0 saturated carbocycles. The Morgan fingerprint density at radius 1 is 1.10 bits per heavy atom. The second-order valence-corrected chi connectivity index (χ2v) is 7.57. The molecular weight excluding hydrogens is 398 g/mol. The highest BCUT2D eigenvalue weighted by molar-refractivity contribution is 6.22. The molecule has 2 aromatic rings. The van der Waals surface area contributed by atoms with Crippen molar-refractivity contribution < 1.29 is 23.9 Å². The van der Waals surface area contributed by atoms with Crippen LogP contribution >= 0.6 is 0 Å². The highest BCUT2D eigenvalue weighted by Crippen LogP contribution is 2.39. The Morgan fingerprint density at radius 2 is 1.87 bits per heavy atom. The lowest BCUT2D eigenvalue weighted by Crippen LogP contribution is -2.39. The summed E-state index contributed by atoms with van der Waals surface area (Å²) < 4.78 is 10.8. The molecular formula is C23H25N3O5. The van der Waals surface area contributed by atoms with Gasteiger partial charge in [0.1, 0.15) is 17.5 Å². The normalized spacial score (nSPS) is 20.7. The summed E-state index contributed by atoms with van der Waals surface area (Å²) in [4.78, 5) is 41.2. The van der Waals surface area contributed by atoms with Crippen LogP contribution in [-0.2, 0) is 9.59 Å². The molecule has 0 aliphatic carbocycles. The van der Waals surface area contributed by atoms with E-state index >= 15 is 0 Å². The zero-order chi connectivity index (χ0) is 22.0. The third kappa shape index (κ3) is 3.93. The van der Waals surface area contributed by atoms with Crippen LogP contribution in [-0.4, -0.2) is 49.6 Å². The number of hydrogen-bond donors (Lipinski definition) is 1. The van der Waals surface area contributed by atoms with Gasteiger partial charge in [-0.25, -0.2) is 9.69 Å². The number of likely N-dealkylation sites (tertiary alicyclic amines) is 1. The van der Waals surface area contributed by atoms with E-state index in [-0.39, 0.29) is 18.4 Å². The Hall–Kier alpha value is -3.55. The molecule has 1 N–H and O–H groups in total. The fraction of sp³-hybridized carbons (Fsp3) is 0.348. The summed E-state index contributed by atoms with van der Waals surface area (Å²) in [6.45, 7) is 0.593. The van der Waals surface area contributed by atoms with Crippen LogP contribution in [0.5, 0.6) is 11.5 Å². The average Bonchev–Trinajstić information content (AvgIpc) is 3.38. The first kappa shape index (κ1) is 20.7. The predicted molar refractivity (Wildman–Crippen MR) is 114 cm³/mol. The fourth-order valence-electron chi connectivity index (χ4n) is 4.27. The van der Waals surface area contributed by atoms with Gasteiger partial charge in [-0.1, -0.05) is 18.2 Å². The van der Waals surface area contributed by atoms with E-state index in [1.54, 1.807) is 49.5 Å². The van der Waals surface area contributed by atoms with E-state index in [0.717, 1.165) is 23.3 Å². The molecule has 2 aromatic carbocycles. The Labute approximate surface area is 180 Å². The molecule has 2 aliphatic rings. The average molecular weight is 423 g/mol. The maximum Gasteiger partial charge on any atom is 0.329 e. The molecule has 31 heavy (non-hydrogen) atoms. The van der Waals surface area contributed by atoms with Crippen molar-refractivity contribution >= 4 is 23.5 Å². The first-order valence-electron chi connectivity index (χ1n) is 10.2. The van der Waals surface area contributed by atoms with Gasteiger partial charge in [0, 0.05) is 18.2 Å². The number of para-hydroxylation sites is 1. The smallest absolute Gasteiger partial charge is 0.329 e. The first-order valence-corrected chi connectivity index (χ1v) is 10.2. The van der Waals surface area contributed by atoms with Gasteiger partial charge in [0.15, 0.2) is 0 Å². The summed E-state index contributed by atoms with van der Waals surface area (Å²) in [6.07, 6.45) is 1.57. The van der Waals surface area contributed by atoms with Gasteiger partial charge >= 0.3 is 6.03 Å². The van der Waals surface area contributed by atoms with Crippen LogP contribution < -0.4 is 19.7 Å². The number of nitrogens with one attached hydrogen (secondary N) is 1. The Bertz CT molecular complexity index is 994. The van der Waals surface area contributed by atoms with Crippen molar-refractivity contribution in [1.82, 2.24) is 10.2 Å². The van der Waals surface area contributed by atoms with Crippen LogP contribution in [0.3, 0.4) is 0 Å². The number of carbonyl (C=O) groups excluding carboxylic acids is 3. The molecule has 2 fully saturated rings. The van der Waals surface area contributed by atoms with Crippen molar-refractivity contribution in [2.24, 2.45) is 0 Å². The van der Waals surface area contributed by atoms with E-state index in [1.807, 2.05) is 18.2 Å². The predicted octanol–water partition coefficient (Wildman–Crippen LogP) is 2.88. The van der Waals surface area contributed by atoms with Crippen LogP contribution in [0, 0.1) is 0 Å². The molecule has 2 atom stereocenters. The van der Waals surface area contributed by atoms with E-state index in [0.29, 0.717) is 23.7 Å². The number of nitrogens with zero attached hydrogens (tertiary/aromatic N) is 2. The molecule has 2 heterocycles. The summed E-state index contributed by atoms with van der Waals surface area (Å²) in [5, 5.41) is 2.65. The quantitative estimate of drug-likeness (QED) is 0.722. The fourth-order valence-corrected chi connectivity index (χ4v) is 4.27. The number of ether oxygens (including phenoxy) is 2. The molecule has 0 spiro atoms. The monoisotopic (exact) mass is 423 g/mol. The highest BCUT2D eigenvalue weighted by Gasteiger charge is 2.42. The van der Waals surface area contributed by atoms with Crippen molar-refractivity contribution in [1.29, 1.82) is 0 Å². The Morgan fingerprint density at radius 3 is 2.58 bits per heavy atom. The topological polar surface area (TPSA) is 88.2 Å². The highest BCUT2D eigenvalue weighted by atomic mass is 16.5. The summed E-state index contributed by atoms with van der Waals surface area (Å²) in [7, 11) is 3.18. The zero-order valence-corrected chi connectivity index (χ0v) is 17.5. The number of amides is 4. The summed E-state index contributed by atoms with van der Waals surface area (Å²) in [5.41, 5.74) is 1.39. The number of imide groups is 1. The second kappa shape index (κ2) is 8.67. The lowest BCUT2D eigenvalue weighted by molar-refractivity contribution is -0.134. The van der Waals surface area contributed by atoms with Crippen molar-refractivity contribution in [3.63, 3.8) is 0 Å². The minimum absolute atomic E-state index is 0.0805. The van der Waals surface area contributed by atoms with Gasteiger partial charge in [-0.15, -0.1) is 0 Å². The van der Waals surface area contributed by atoms with E-state index in [4.69, 9.17) is 9.47 Å². The molecule has 162 valence electrons. The van der Waals surface area contributed by atoms with Crippen LogP contribution in [0.4, 0.5) is 10.5 Å². The molecule has 8 heteroatoms. The number of hydrogen-bond acceptors (Lipinski definition) is 5. The molecule has 2 saturated heterocycles. The molecule has 4 amide bonds. The van der Waals surface area contributed by atoms with Gasteiger partial charge in [-0.3, -0.25) is 9.59 Å². The van der Waals surface area contributed by atoms with E-state index in [9.17, 15) is 14.4 Å². The van der Waals surface area contributed by atoms with Crippen LogP contribution in [0.25, 0.3) is 0 Å². The number of urea groups is 1. The minimum atomic E-state index is -0.876. The number of anilines is 1. The van der Waals surface area contributed by atoms with Gasteiger partial charge in [-0.2, -0.15) is 0 Å². The van der Waals surface area contributed by atoms with Gasteiger partial charge < -0.3 is 19.7 Å². The SMILES string of the molecule is COc1ccc(C2CCCN2C(=O)C[C@@H]2NC(=O)N(c3ccccc3)C2=O)c(OC)c1. The summed E-state index contributed by atoms with van der Waals surface area (Å²) in [5.74, 6) is 0.748. The molecule has 8 nitrogen and oxygen atoms in total. The van der Waals surface area contributed by atoms with Gasteiger partial charge in [0.05, 0.1) is 32.4 Å². The van der Waals surface area contributed by atoms with E-state index < -0.39 is 18.0 Å². The third-order valence-electron chi connectivity index (χ3n) is 5.79. The molecule has 4 rings (SSSR count). The molecule has 0 aromatic heterocycles. The van der Waals surface area contributed by atoms with E-state index in [1.165, 1.54) is 0 Å². The Kier molecular flexibility index (Phi) is 5.79. The van der Waals surface area contributed by atoms with Crippen LogP contribution in [0.2, 0.25) is 0 Å². The Balaban J connectivity index is 1.50. The number of methoxy groups -OCH3 is 2. The summed E-state index contributed by atoms with van der Waals surface area (Å²) in [6, 6.07) is 12.7. The lowest BCUT2D eigenvalue weighted by Gasteiger charge is -2.27. The van der Waals surface area contributed by atoms with E-state index in [2.05, 4.69) is 5.32 Å². The minimum Gasteiger partial charge on any atom is -0.497 e. The second-order valence-electron chi connectivity index (χ2n) is 7.57. The maximum absolute atomic E-state index is 13.1. The standard InChI is InChI=1S/C23H25N3O5/c1-30-16-10-11-17(20(13-16)31-2)19-9-6-12-25(19)21(27)14-18-22(28)26(23(29)24-18)15-7-4-3-5-8-15/h3-5,7-8,10-11,13,18-19H,6,9,12,14H2,1-2H3,(H,24,29)/t18-,19?/m0/s1. The van der Waals surface area contributed by atoms with Gasteiger partial charge in [-0.05, 0) is 37.1 Å². The molecule has 2 aliphatic heterocycles. The summed E-state index contributed by atoms with van der Waals surface area (Å²) >= 11 is 0. The number of carbonyl (C=O) groups is 3. The number of rotatable bonds is 6. The third-order valence-corrected chi connectivity index (χ3v) is 5.79. The largest absolute Gasteiger partial charge is 0.497 e. The zero-order valence-electron chi connectivity index (χ0n) is 17.5. The first-order chi connectivity index (χ1) is 15.0. The lowest BCUT2D eigenvalue weighted by atomic mass is 10.0. The van der Waals surface area contributed by atoms with Crippen LogP contribution in [0.1, 0.15) is 30.9 Å². The van der Waals surface area contributed by atoms with Gasteiger partial charge in [0.2, 0.25) is 5.91 Å².